The second kappa shape index (κ2) is 5.44. The van der Waals surface area contributed by atoms with Crippen molar-refractivity contribution in [3.8, 4) is 0 Å². The third-order valence-electron chi connectivity index (χ3n) is 3.82. The summed E-state index contributed by atoms with van der Waals surface area (Å²) < 4.78 is 1.86. The Bertz CT molecular complexity index is 670. The number of nitrogens with zero attached hydrogens (tertiary/aromatic N) is 3. The number of rotatable bonds is 3. The number of pyridine rings is 1. The predicted octanol–water partition coefficient (Wildman–Crippen LogP) is 1.41. The van der Waals surface area contributed by atoms with Gasteiger partial charge in [-0.3, -0.25) is 4.79 Å². The summed E-state index contributed by atoms with van der Waals surface area (Å²) in [5, 5.41) is 11.5. The summed E-state index contributed by atoms with van der Waals surface area (Å²) in [7, 11) is 0. The Morgan fingerprint density at radius 3 is 3.00 bits per heavy atom. The molecule has 1 aliphatic rings. The zero-order chi connectivity index (χ0) is 15.0. The molecule has 3 rings (SSSR count). The summed E-state index contributed by atoms with van der Waals surface area (Å²) in [5.74, 6) is -0.0393. The first-order chi connectivity index (χ1) is 10.1. The van der Waals surface area contributed by atoms with E-state index in [0.717, 1.165) is 36.2 Å². The molecule has 1 atom stereocenters. The third kappa shape index (κ3) is 2.63. The van der Waals surface area contributed by atoms with E-state index in [9.17, 15) is 4.79 Å². The Hall–Kier alpha value is -1.95. The molecule has 6 nitrogen and oxygen atoms in total. The normalized spacial score (nSPS) is 18.6. The van der Waals surface area contributed by atoms with E-state index in [1.54, 1.807) is 6.20 Å². The van der Waals surface area contributed by atoms with Gasteiger partial charge in [-0.05, 0) is 39.8 Å². The largest absolute Gasteiger partial charge is 0.348 e. The van der Waals surface area contributed by atoms with Gasteiger partial charge in [0, 0.05) is 24.3 Å². The fourth-order valence-electron chi connectivity index (χ4n) is 2.75. The first-order valence-electron chi connectivity index (χ1n) is 7.42. The standard InChI is InChI=1S/C15H21N5O/c1-9(2)20-14-13(8-17-20)12(6-10(3)18-14)15(21)19-11-4-5-16-7-11/h6,8-9,11,16H,4-5,7H2,1-3H3,(H,19,21). The molecular formula is C15H21N5O. The van der Waals surface area contributed by atoms with Crippen molar-refractivity contribution in [1.82, 2.24) is 25.4 Å². The Morgan fingerprint density at radius 2 is 2.33 bits per heavy atom. The molecular weight excluding hydrogens is 266 g/mol. The van der Waals surface area contributed by atoms with Gasteiger partial charge in [-0.1, -0.05) is 0 Å². The van der Waals surface area contributed by atoms with Crippen LogP contribution in [0.2, 0.25) is 0 Å². The fourth-order valence-corrected chi connectivity index (χ4v) is 2.75. The third-order valence-corrected chi connectivity index (χ3v) is 3.82. The highest BCUT2D eigenvalue weighted by molar-refractivity contribution is 6.05. The van der Waals surface area contributed by atoms with E-state index in [2.05, 4.69) is 34.6 Å². The van der Waals surface area contributed by atoms with Crippen LogP contribution in [0.1, 0.15) is 42.4 Å². The van der Waals surface area contributed by atoms with E-state index in [-0.39, 0.29) is 18.0 Å². The number of carbonyl (C=O) groups is 1. The van der Waals surface area contributed by atoms with E-state index in [1.807, 2.05) is 17.7 Å². The summed E-state index contributed by atoms with van der Waals surface area (Å²) in [6.07, 6.45) is 2.72. The van der Waals surface area contributed by atoms with Gasteiger partial charge < -0.3 is 10.6 Å². The Balaban J connectivity index is 1.99. The average molecular weight is 287 g/mol. The Labute approximate surface area is 123 Å². The van der Waals surface area contributed by atoms with E-state index >= 15 is 0 Å². The number of fused-ring (bicyclic) bond motifs is 1. The smallest absolute Gasteiger partial charge is 0.252 e. The molecule has 1 amide bonds. The van der Waals surface area contributed by atoms with Gasteiger partial charge in [0.25, 0.3) is 5.91 Å². The van der Waals surface area contributed by atoms with Crippen LogP contribution < -0.4 is 10.6 Å². The molecule has 6 heteroatoms. The van der Waals surface area contributed by atoms with E-state index < -0.39 is 0 Å². The van der Waals surface area contributed by atoms with Crippen LogP contribution in [0.3, 0.4) is 0 Å². The second-order valence-corrected chi connectivity index (χ2v) is 5.89. The van der Waals surface area contributed by atoms with Gasteiger partial charge >= 0.3 is 0 Å². The summed E-state index contributed by atoms with van der Waals surface area (Å²) in [6.45, 7) is 7.82. The van der Waals surface area contributed by atoms with Gasteiger partial charge in [0.1, 0.15) is 0 Å². The quantitative estimate of drug-likeness (QED) is 0.895. The van der Waals surface area contributed by atoms with Crippen molar-refractivity contribution >= 4 is 16.9 Å². The zero-order valence-electron chi connectivity index (χ0n) is 12.7. The summed E-state index contributed by atoms with van der Waals surface area (Å²) >= 11 is 0. The van der Waals surface area contributed by atoms with Crippen LogP contribution >= 0.6 is 0 Å². The number of nitrogens with one attached hydrogen (secondary N) is 2. The molecule has 2 aromatic heterocycles. The van der Waals surface area contributed by atoms with Crippen molar-refractivity contribution in [3.05, 3.63) is 23.5 Å². The molecule has 0 aliphatic carbocycles. The maximum atomic E-state index is 12.5. The molecule has 1 saturated heterocycles. The van der Waals surface area contributed by atoms with Gasteiger partial charge in [-0.15, -0.1) is 0 Å². The van der Waals surface area contributed by atoms with Crippen LogP contribution in [0, 0.1) is 6.92 Å². The first kappa shape index (κ1) is 14.0. The monoisotopic (exact) mass is 287 g/mol. The molecule has 21 heavy (non-hydrogen) atoms. The highest BCUT2D eigenvalue weighted by Crippen LogP contribution is 2.21. The molecule has 0 spiro atoms. The predicted molar refractivity (Wildman–Crippen MR) is 81.4 cm³/mol. The molecule has 2 N–H and O–H groups in total. The maximum absolute atomic E-state index is 12.5. The minimum Gasteiger partial charge on any atom is -0.348 e. The van der Waals surface area contributed by atoms with Gasteiger partial charge in [-0.25, -0.2) is 9.67 Å². The average Bonchev–Trinajstić information content (AvgIpc) is 3.06. The maximum Gasteiger partial charge on any atom is 0.252 e. The molecule has 3 heterocycles. The molecule has 1 fully saturated rings. The number of hydrogen-bond acceptors (Lipinski definition) is 4. The van der Waals surface area contributed by atoms with Crippen LogP contribution in [-0.2, 0) is 0 Å². The van der Waals surface area contributed by atoms with Crippen LogP contribution in [-0.4, -0.2) is 39.8 Å². The van der Waals surface area contributed by atoms with Crippen LogP contribution in [0.25, 0.3) is 11.0 Å². The van der Waals surface area contributed by atoms with E-state index in [1.165, 1.54) is 0 Å². The van der Waals surface area contributed by atoms with Crippen molar-refractivity contribution in [2.24, 2.45) is 0 Å². The highest BCUT2D eigenvalue weighted by Gasteiger charge is 2.21. The molecule has 0 radical (unpaired) electrons. The lowest BCUT2D eigenvalue weighted by atomic mass is 10.1. The summed E-state index contributed by atoms with van der Waals surface area (Å²) in [6, 6.07) is 2.26. The molecule has 1 aliphatic heterocycles. The Morgan fingerprint density at radius 1 is 1.52 bits per heavy atom. The van der Waals surface area contributed by atoms with Crippen molar-refractivity contribution < 1.29 is 4.79 Å². The van der Waals surface area contributed by atoms with Crippen LogP contribution in [0.15, 0.2) is 12.3 Å². The molecule has 2 aromatic rings. The second-order valence-electron chi connectivity index (χ2n) is 5.89. The molecule has 1 unspecified atom stereocenters. The van der Waals surface area contributed by atoms with Gasteiger partial charge in [-0.2, -0.15) is 5.10 Å². The number of amides is 1. The lowest BCUT2D eigenvalue weighted by Gasteiger charge is -2.13. The van der Waals surface area contributed by atoms with Gasteiger partial charge in [0.2, 0.25) is 0 Å². The number of carbonyl (C=O) groups excluding carboxylic acids is 1. The fraction of sp³-hybridized carbons (Fsp3) is 0.533. The molecule has 0 saturated carbocycles. The first-order valence-corrected chi connectivity index (χ1v) is 7.42. The lowest BCUT2D eigenvalue weighted by molar-refractivity contribution is 0.0941. The van der Waals surface area contributed by atoms with E-state index in [0.29, 0.717) is 5.56 Å². The molecule has 0 bridgehead atoms. The molecule has 0 aromatic carbocycles. The van der Waals surface area contributed by atoms with E-state index in [4.69, 9.17) is 0 Å². The van der Waals surface area contributed by atoms with Gasteiger partial charge in [0.15, 0.2) is 5.65 Å². The summed E-state index contributed by atoms with van der Waals surface area (Å²) in [5.41, 5.74) is 2.27. The zero-order valence-corrected chi connectivity index (χ0v) is 12.7. The van der Waals surface area contributed by atoms with Crippen molar-refractivity contribution in [3.63, 3.8) is 0 Å². The lowest BCUT2D eigenvalue weighted by Crippen LogP contribution is -2.36. The van der Waals surface area contributed by atoms with Gasteiger partial charge in [0.05, 0.1) is 17.1 Å². The summed E-state index contributed by atoms with van der Waals surface area (Å²) in [4.78, 5) is 17.1. The van der Waals surface area contributed by atoms with Crippen molar-refractivity contribution in [2.75, 3.05) is 13.1 Å². The van der Waals surface area contributed by atoms with Crippen LogP contribution in [0.4, 0.5) is 0 Å². The highest BCUT2D eigenvalue weighted by atomic mass is 16.1. The Kier molecular flexibility index (Phi) is 3.63. The van der Waals surface area contributed by atoms with Crippen molar-refractivity contribution in [1.29, 1.82) is 0 Å². The minimum atomic E-state index is -0.0393. The van der Waals surface area contributed by atoms with Crippen molar-refractivity contribution in [2.45, 2.75) is 39.3 Å². The van der Waals surface area contributed by atoms with Crippen LogP contribution in [0.5, 0.6) is 0 Å². The molecule has 112 valence electrons. The number of aromatic nitrogens is 3. The number of aryl methyl sites for hydroxylation is 1. The topological polar surface area (TPSA) is 71.8 Å². The SMILES string of the molecule is Cc1cc(C(=O)NC2CCNC2)c2cnn(C(C)C)c2n1. The minimum absolute atomic E-state index is 0.0393. The number of hydrogen-bond donors (Lipinski definition) is 2.